The number of carboxylic acid groups (broad SMARTS) is 1. The number of carboxylic acids is 1. The number of rotatable bonds is 1. The monoisotopic (exact) mass is 400 g/mol. The zero-order valence-electron chi connectivity index (χ0n) is 17.7. The number of allylic oxidation sites excluding steroid dienone is 1. The first kappa shape index (κ1) is 20.5. The van der Waals surface area contributed by atoms with Gasteiger partial charge in [0.05, 0.1) is 0 Å². The molecule has 0 amide bonds. The Kier molecular flexibility index (Phi) is 4.85. The van der Waals surface area contributed by atoms with Crippen molar-refractivity contribution < 1.29 is 24.5 Å². The van der Waals surface area contributed by atoms with Gasteiger partial charge in [-0.05, 0) is 68.1 Å². The molecule has 2 N–H and O–H groups in total. The molecule has 7 atom stereocenters. The molecule has 6 unspecified atom stereocenters. The van der Waals surface area contributed by atoms with Crippen molar-refractivity contribution in [3.05, 3.63) is 11.6 Å². The van der Waals surface area contributed by atoms with Crippen LogP contribution in [-0.2, 0) is 14.3 Å². The van der Waals surface area contributed by atoms with Crippen LogP contribution in [0.25, 0.3) is 0 Å². The lowest BCUT2D eigenvalue weighted by Gasteiger charge is -2.58. The first-order chi connectivity index (χ1) is 13.6. The van der Waals surface area contributed by atoms with Crippen molar-refractivity contribution in [1.82, 2.24) is 0 Å². The van der Waals surface area contributed by atoms with Crippen molar-refractivity contribution in [3.8, 4) is 11.8 Å². The fraction of sp³-hybridized carbons (Fsp3) is 0.750. The molecule has 0 aromatic carbocycles. The molecule has 4 aliphatic rings. The van der Waals surface area contributed by atoms with E-state index in [9.17, 15) is 14.7 Å². The SMILES string of the molecule is CC(=O)OC1CCC2(C)C(=CCC3C2CCC2(C)C3CC[C@@]2(O)C#CC(=O)O)C1. The molecule has 3 saturated carbocycles. The van der Waals surface area contributed by atoms with E-state index in [0.29, 0.717) is 24.2 Å². The molecular formula is C24H32O5. The molecule has 0 spiro atoms. The molecule has 158 valence electrons. The van der Waals surface area contributed by atoms with Crippen LogP contribution >= 0.6 is 0 Å². The average Bonchev–Trinajstić information content (AvgIpc) is 2.92. The minimum atomic E-state index is -1.21. The number of aliphatic carboxylic acids is 1. The summed E-state index contributed by atoms with van der Waals surface area (Å²) in [6.07, 6.45) is 9.51. The molecule has 0 aromatic heterocycles. The van der Waals surface area contributed by atoms with Crippen LogP contribution in [0.3, 0.4) is 0 Å². The van der Waals surface area contributed by atoms with E-state index in [-0.39, 0.29) is 22.9 Å². The Morgan fingerprint density at radius 3 is 2.55 bits per heavy atom. The van der Waals surface area contributed by atoms with Crippen molar-refractivity contribution >= 4 is 11.9 Å². The first-order valence-corrected chi connectivity index (χ1v) is 10.9. The summed E-state index contributed by atoms with van der Waals surface area (Å²) in [5.74, 6) is 4.95. The Bertz CT molecular complexity index is 819. The maximum atomic E-state index is 11.4. The van der Waals surface area contributed by atoms with Crippen molar-refractivity contribution in [1.29, 1.82) is 0 Å². The van der Waals surface area contributed by atoms with Gasteiger partial charge in [-0.25, -0.2) is 4.79 Å². The largest absolute Gasteiger partial charge is 0.472 e. The van der Waals surface area contributed by atoms with Gasteiger partial charge in [-0.15, -0.1) is 0 Å². The molecule has 3 fully saturated rings. The smallest absolute Gasteiger partial charge is 0.382 e. The second-order valence-electron chi connectivity index (χ2n) is 10.1. The molecule has 4 rings (SSSR count). The van der Waals surface area contributed by atoms with E-state index in [2.05, 4.69) is 31.8 Å². The number of esters is 1. The molecule has 5 nitrogen and oxygen atoms in total. The third-order valence-electron chi connectivity index (χ3n) is 8.92. The fourth-order valence-corrected chi connectivity index (χ4v) is 7.34. The van der Waals surface area contributed by atoms with Crippen molar-refractivity contribution in [3.63, 3.8) is 0 Å². The minimum Gasteiger partial charge on any atom is -0.472 e. The van der Waals surface area contributed by atoms with Gasteiger partial charge < -0.3 is 14.9 Å². The van der Waals surface area contributed by atoms with Crippen molar-refractivity contribution in [2.75, 3.05) is 0 Å². The van der Waals surface area contributed by atoms with Crippen molar-refractivity contribution in [2.45, 2.75) is 83.8 Å². The molecule has 0 heterocycles. The Morgan fingerprint density at radius 2 is 1.86 bits per heavy atom. The normalized spacial score (nSPS) is 45.6. The predicted molar refractivity (Wildman–Crippen MR) is 108 cm³/mol. The number of carbonyl (C=O) groups is 2. The first-order valence-electron chi connectivity index (χ1n) is 10.9. The van der Waals surface area contributed by atoms with Gasteiger partial charge in [0.2, 0.25) is 0 Å². The number of ether oxygens (including phenoxy) is 1. The van der Waals surface area contributed by atoms with Gasteiger partial charge in [-0.1, -0.05) is 31.4 Å². The Morgan fingerprint density at radius 1 is 1.14 bits per heavy atom. The van der Waals surface area contributed by atoms with E-state index in [1.54, 1.807) is 0 Å². The molecule has 0 aromatic rings. The highest BCUT2D eigenvalue weighted by molar-refractivity contribution is 5.86. The van der Waals surface area contributed by atoms with Crippen molar-refractivity contribution in [2.24, 2.45) is 28.6 Å². The van der Waals surface area contributed by atoms with E-state index < -0.39 is 11.6 Å². The maximum absolute atomic E-state index is 11.4. The average molecular weight is 401 g/mol. The summed E-state index contributed by atoms with van der Waals surface area (Å²) >= 11 is 0. The molecule has 0 saturated heterocycles. The summed E-state index contributed by atoms with van der Waals surface area (Å²) in [6.45, 7) is 5.99. The molecule has 4 aliphatic carbocycles. The molecule has 29 heavy (non-hydrogen) atoms. The third-order valence-corrected chi connectivity index (χ3v) is 8.92. The number of carbonyl (C=O) groups excluding carboxylic acids is 1. The van der Waals surface area contributed by atoms with E-state index in [1.165, 1.54) is 12.5 Å². The summed E-state index contributed by atoms with van der Waals surface area (Å²) < 4.78 is 5.50. The van der Waals surface area contributed by atoms with Crippen LogP contribution in [0.4, 0.5) is 0 Å². The zero-order valence-corrected chi connectivity index (χ0v) is 17.7. The van der Waals surface area contributed by atoms with Crippen LogP contribution in [0, 0.1) is 40.4 Å². The van der Waals surface area contributed by atoms with Crippen LogP contribution in [0.2, 0.25) is 0 Å². The lowest BCUT2D eigenvalue weighted by atomic mass is 9.47. The van der Waals surface area contributed by atoms with E-state index in [0.717, 1.165) is 44.9 Å². The Labute approximate surface area is 172 Å². The second kappa shape index (κ2) is 6.87. The van der Waals surface area contributed by atoms with Gasteiger partial charge in [0, 0.05) is 24.7 Å². The number of aliphatic hydroxyl groups is 1. The van der Waals surface area contributed by atoms with E-state index in [1.807, 2.05) is 0 Å². The van der Waals surface area contributed by atoms with Crippen LogP contribution < -0.4 is 0 Å². The van der Waals surface area contributed by atoms with Gasteiger partial charge in [-0.2, -0.15) is 0 Å². The van der Waals surface area contributed by atoms with Gasteiger partial charge in [0.15, 0.2) is 0 Å². The van der Waals surface area contributed by atoms with E-state index in [4.69, 9.17) is 9.84 Å². The lowest BCUT2D eigenvalue weighted by Crippen LogP contribution is -2.54. The maximum Gasteiger partial charge on any atom is 0.382 e. The zero-order chi connectivity index (χ0) is 21.0. The number of hydrogen-bond donors (Lipinski definition) is 2. The van der Waals surface area contributed by atoms with E-state index >= 15 is 0 Å². The van der Waals surface area contributed by atoms with Crippen LogP contribution in [0.1, 0.15) is 72.1 Å². The summed E-state index contributed by atoms with van der Waals surface area (Å²) in [5, 5.41) is 20.3. The van der Waals surface area contributed by atoms with Gasteiger partial charge in [-0.3, -0.25) is 4.79 Å². The molecule has 0 radical (unpaired) electrons. The lowest BCUT2D eigenvalue weighted by molar-refractivity contribution is -0.149. The van der Waals surface area contributed by atoms with Crippen LogP contribution in [0.15, 0.2) is 11.6 Å². The van der Waals surface area contributed by atoms with Gasteiger partial charge >= 0.3 is 11.9 Å². The number of fused-ring (bicyclic) bond motifs is 5. The number of hydrogen-bond acceptors (Lipinski definition) is 4. The highest BCUT2D eigenvalue weighted by Crippen LogP contribution is 2.67. The summed E-state index contributed by atoms with van der Waals surface area (Å²) in [6, 6.07) is 0. The quantitative estimate of drug-likeness (QED) is 0.398. The third kappa shape index (κ3) is 3.11. The summed E-state index contributed by atoms with van der Waals surface area (Å²) in [7, 11) is 0. The highest BCUT2D eigenvalue weighted by atomic mass is 16.5. The molecule has 5 heteroatoms. The topological polar surface area (TPSA) is 83.8 Å². The molecular weight excluding hydrogens is 368 g/mol. The van der Waals surface area contributed by atoms with Gasteiger partial charge in [0.25, 0.3) is 0 Å². The standard InChI is InChI=1S/C24H32O5/c1-15(25)29-17-6-10-22(2)16(14-17)4-5-18-19(22)7-11-23(3)20(18)8-12-24(23,28)13-9-21(26)27/h4,17-20,28H,5-8,10-12,14H2,1-3H3,(H,26,27)/t17?,18?,19?,20?,22?,23?,24-/m1/s1. The van der Waals surface area contributed by atoms with Gasteiger partial charge in [0.1, 0.15) is 11.7 Å². The summed E-state index contributed by atoms with van der Waals surface area (Å²) in [4.78, 5) is 22.3. The Hall–Kier alpha value is -1.80. The second-order valence-corrected chi connectivity index (χ2v) is 10.1. The fourth-order valence-electron chi connectivity index (χ4n) is 7.34. The molecule has 0 bridgehead atoms. The Balaban J connectivity index is 1.60. The minimum absolute atomic E-state index is 0.0000894. The summed E-state index contributed by atoms with van der Waals surface area (Å²) in [5.41, 5.74) is 0.0133. The van der Waals surface area contributed by atoms with Crippen LogP contribution in [0.5, 0.6) is 0 Å². The predicted octanol–water partition coefficient (Wildman–Crippen LogP) is 3.70. The highest BCUT2D eigenvalue weighted by Gasteiger charge is 2.63. The van der Waals surface area contributed by atoms with Crippen LogP contribution in [-0.4, -0.2) is 33.9 Å². The molecule has 0 aliphatic heterocycles.